The minimum absolute atomic E-state index is 0.0512. The molecular formula is C21H23N3O3. The van der Waals surface area contributed by atoms with E-state index in [1.807, 2.05) is 43.3 Å². The molecule has 1 amide bonds. The van der Waals surface area contributed by atoms with Gasteiger partial charge in [-0.25, -0.2) is 0 Å². The Morgan fingerprint density at radius 2 is 2.04 bits per heavy atom. The largest absolute Gasteiger partial charge is 0.459 e. The van der Waals surface area contributed by atoms with Crippen LogP contribution in [0.4, 0.5) is 0 Å². The number of morpholine rings is 1. The number of amides is 1. The molecule has 0 aliphatic carbocycles. The molecule has 1 aromatic carbocycles. The number of rotatable bonds is 5. The smallest absolute Gasteiger partial charge is 0.242 e. The van der Waals surface area contributed by atoms with E-state index in [9.17, 15) is 4.79 Å². The number of aromatic nitrogens is 1. The predicted octanol–water partition coefficient (Wildman–Crippen LogP) is 2.83. The molecule has 2 aromatic heterocycles. The van der Waals surface area contributed by atoms with E-state index in [1.165, 1.54) is 0 Å². The number of benzene rings is 1. The lowest BCUT2D eigenvalue weighted by Crippen LogP contribution is -2.45. The minimum atomic E-state index is -0.382. The topological polar surface area (TPSA) is 67.6 Å². The normalized spacial score (nSPS) is 16.3. The van der Waals surface area contributed by atoms with Crippen LogP contribution in [-0.2, 0) is 16.1 Å². The van der Waals surface area contributed by atoms with Crippen molar-refractivity contribution in [2.24, 2.45) is 0 Å². The Kier molecular flexibility index (Phi) is 5.18. The molecule has 6 heteroatoms. The number of hydrogen-bond donors (Lipinski definition) is 1. The maximum absolute atomic E-state index is 13.1. The van der Waals surface area contributed by atoms with Gasteiger partial charge < -0.3 is 14.5 Å². The van der Waals surface area contributed by atoms with Crippen LogP contribution in [0.5, 0.6) is 0 Å². The van der Waals surface area contributed by atoms with Crippen molar-refractivity contribution < 1.29 is 13.9 Å². The molecule has 0 radical (unpaired) electrons. The van der Waals surface area contributed by atoms with Crippen molar-refractivity contribution in [2.75, 3.05) is 26.3 Å². The van der Waals surface area contributed by atoms with Crippen molar-refractivity contribution >= 4 is 16.9 Å². The van der Waals surface area contributed by atoms with Crippen LogP contribution < -0.4 is 5.32 Å². The van der Waals surface area contributed by atoms with Gasteiger partial charge in [0.05, 0.1) is 19.8 Å². The van der Waals surface area contributed by atoms with E-state index in [0.29, 0.717) is 19.8 Å². The van der Waals surface area contributed by atoms with Gasteiger partial charge in [0.1, 0.15) is 17.4 Å². The number of nitrogens with zero attached hydrogens (tertiary/aromatic N) is 2. The third-order valence-corrected chi connectivity index (χ3v) is 5.02. The van der Waals surface area contributed by atoms with Gasteiger partial charge in [0, 0.05) is 36.4 Å². The molecule has 0 spiro atoms. The van der Waals surface area contributed by atoms with Gasteiger partial charge >= 0.3 is 0 Å². The number of para-hydroxylation sites is 1. The van der Waals surface area contributed by atoms with Crippen molar-refractivity contribution in [1.82, 2.24) is 15.2 Å². The fourth-order valence-electron chi connectivity index (χ4n) is 3.56. The fraction of sp³-hybridized carbons (Fsp3) is 0.333. The van der Waals surface area contributed by atoms with Crippen LogP contribution in [0.2, 0.25) is 0 Å². The molecule has 0 saturated carbocycles. The summed E-state index contributed by atoms with van der Waals surface area (Å²) in [6.45, 7) is 5.08. The molecular weight excluding hydrogens is 342 g/mol. The summed E-state index contributed by atoms with van der Waals surface area (Å²) in [5.41, 5.74) is 2.80. The van der Waals surface area contributed by atoms with Gasteiger partial charge in [-0.15, -0.1) is 0 Å². The van der Waals surface area contributed by atoms with Crippen molar-refractivity contribution in [1.29, 1.82) is 0 Å². The highest BCUT2D eigenvalue weighted by Crippen LogP contribution is 2.26. The first-order valence-corrected chi connectivity index (χ1v) is 9.20. The van der Waals surface area contributed by atoms with Gasteiger partial charge in [-0.2, -0.15) is 0 Å². The first kappa shape index (κ1) is 17.7. The first-order chi connectivity index (χ1) is 13.2. The standard InChI is InChI=1S/C21H23N3O3/c1-15-17-6-2-3-7-18(17)27-19(15)14-23-21(25)20(16-5-4-8-22-13-16)24-9-11-26-12-10-24/h2-8,13,20H,9-12,14H2,1H3,(H,23,25)/t20-/m1/s1. The summed E-state index contributed by atoms with van der Waals surface area (Å²) in [7, 11) is 0. The second kappa shape index (κ2) is 7.90. The summed E-state index contributed by atoms with van der Waals surface area (Å²) >= 11 is 0. The van der Waals surface area contributed by atoms with Crippen LogP contribution in [0.3, 0.4) is 0 Å². The Labute approximate surface area is 158 Å². The molecule has 6 nitrogen and oxygen atoms in total. The maximum Gasteiger partial charge on any atom is 0.242 e. The van der Waals surface area contributed by atoms with E-state index in [-0.39, 0.29) is 11.9 Å². The second-order valence-corrected chi connectivity index (χ2v) is 6.70. The molecule has 0 bridgehead atoms. The maximum atomic E-state index is 13.1. The molecule has 1 atom stereocenters. The zero-order chi connectivity index (χ0) is 18.6. The number of fused-ring (bicyclic) bond motifs is 1. The molecule has 1 aliphatic rings. The molecule has 140 valence electrons. The van der Waals surface area contributed by atoms with Crippen LogP contribution in [0.1, 0.15) is 22.9 Å². The number of ether oxygens (including phenoxy) is 1. The third kappa shape index (κ3) is 3.72. The summed E-state index contributed by atoms with van der Waals surface area (Å²) in [6.07, 6.45) is 3.47. The Bertz CT molecular complexity index is 917. The predicted molar refractivity (Wildman–Crippen MR) is 102 cm³/mol. The van der Waals surface area contributed by atoms with Crippen molar-refractivity contribution in [3.05, 3.63) is 65.7 Å². The van der Waals surface area contributed by atoms with Crippen LogP contribution in [0.25, 0.3) is 11.0 Å². The fourth-order valence-corrected chi connectivity index (χ4v) is 3.56. The van der Waals surface area contributed by atoms with E-state index in [1.54, 1.807) is 12.4 Å². The van der Waals surface area contributed by atoms with Gasteiger partial charge in [-0.1, -0.05) is 24.3 Å². The summed E-state index contributed by atoms with van der Waals surface area (Å²) in [5.74, 6) is 0.737. The van der Waals surface area contributed by atoms with E-state index in [4.69, 9.17) is 9.15 Å². The minimum Gasteiger partial charge on any atom is -0.459 e. The van der Waals surface area contributed by atoms with E-state index >= 15 is 0 Å². The monoisotopic (exact) mass is 365 g/mol. The molecule has 27 heavy (non-hydrogen) atoms. The Morgan fingerprint density at radius 3 is 2.78 bits per heavy atom. The number of carbonyl (C=O) groups is 1. The van der Waals surface area contributed by atoms with Crippen molar-refractivity contribution in [3.8, 4) is 0 Å². The number of carbonyl (C=O) groups excluding carboxylic acids is 1. The molecule has 0 unspecified atom stereocenters. The summed E-state index contributed by atoms with van der Waals surface area (Å²) in [4.78, 5) is 19.4. The van der Waals surface area contributed by atoms with Crippen molar-refractivity contribution in [2.45, 2.75) is 19.5 Å². The van der Waals surface area contributed by atoms with Crippen LogP contribution in [-0.4, -0.2) is 42.1 Å². The lowest BCUT2D eigenvalue weighted by Gasteiger charge is -2.33. The number of aryl methyl sites for hydroxylation is 1. The summed E-state index contributed by atoms with van der Waals surface area (Å²) < 4.78 is 11.4. The number of nitrogens with one attached hydrogen (secondary N) is 1. The molecule has 3 aromatic rings. The molecule has 1 fully saturated rings. The first-order valence-electron chi connectivity index (χ1n) is 9.20. The number of hydrogen-bond acceptors (Lipinski definition) is 5. The number of furan rings is 1. The molecule has 4 rings (SSSR count). The number of pyridine rings is 1. The molecule has 1 saturated heterocycles. The summed E-state index contributed by atoms with van der Waals surface area (Å²) in [6, 6.07) is 11.3. The molecule has 1 N–H and O–H groups in total. The van der Waals surface area contributed by atoms with E-state index in [0.717, 1.165) is 40.9 Å². The Hall–Kier alpha value is -2.70. The van der Waals surface area contributed by atoms with Crippen LogP contribution >= 0.6 is 0 Å². The lowest BCUT2D eigenvalue weighted by atomic mass is 10.1. The van der Waals surface area contributed by atoms with Gasteiger partial charge in [0.15, 0.2) is 0 Å². The zero-order valence-electron chi connectivity index (χ0n) is 15.4. The third-order valence-electron chi connectivity index (χ3n) is 5.02. The van der Waals surface area contributed by atoms with Gasteiger partial charge in [0.25, 0.3) is 0 Å². The van der Waals surface area contributed by atoms with Gasteiger partial charge in [0.2, 0.25) is 5.91 Å². The highest BCUT2D eigenvalue weighted by molar-refractivity contribution is 5.84. The lowest BCUT2D eigenvalue weighted by molar-refractivity contribution is -0.128. The highest BCUT2D eigenvalue weighted by Gasteiger charge is 2.29. The quantitative estimate of drug-likeness (QED) is 0.753. The van der Waals surface area contributed by atoms with Gasteiger partial charge in [-0.3, -0.25) is 14.7 Å². The average Bonchev–Trinajstić information content (AvgIpc) is 3.04. The highest BCUT2D eigenvalue weighted by atomic mass is 16.5. The summed E-state index contributed by atoms with van der Waals surface area (Å²) in [5, 5.41) is 4.14. The Balaban J connectivity index is 1.53. The second-order valence-electron chi connectivity index (χ2n) is 6.70. The van der Waals surface area contributed by atoms with E-state index < -0.39 is 0 Å². The molecule has 3 heterocycles. The van der Waals surface area contributed by atoms with Crippen LogP contribution in [0.15, 0.2) is 53.2 Å². The SMILES string of the molecule is Cc1c(CNC(=O)[C@@H](c2cccnc2)N2CCOCC2)oc2ccccc12. The van der Waals surface area contributed by atoms with Crippen LogP contribution in [0, 0.1) is 6.92 Å². The zero-order valence-corrected chi connectivity index (χ0v) is 15.4. The van der Waals surface area contributed by atoms with E-state index in [2.05, 4.69) is 15.2 Å². The van der Waals surface area contributed by atoms with Crippen molar-refractivity contribution in [3.63, 3.8) is 0 Å². The van der Waals surface area contributed by atoms with Gasteiger partial charge in [-0.05, 0) is 24.6 Å². The average molecular weight is 365 g/mol. The molecule has 1 aliphatic heterocycles. The Morgan fingerprint density at radius 1 is 1.22 bits per heavy atom.